The molecule has 0 aliphatic rings. The van der Waals surface area contributed by atoms with Gasteiger partial charge in [-0.1, -0.05) is 30.3 Å². The molecule has 0 bridgehead atoms. The number of nitrogens with one attached hydrogen (secondary N) is 1. The van der Waals surface area contributed by atoms with E-state index in [0.717, 1.165) is 10.6 Å². The van der Waals surface area contributed by atoms with Gasteiger partial charge < -0.3 is 9.88 Å². The van der Waals surface area contributed by atoms with Crippen molar-refractivity contribution in [2.24, 2.45) is 0 Å². The minimum Gasteiger partial charge on any atom is -0.326 e. The van der Waals surface area contributed by atoms with Crippen LogP contribution in [0.2, 0.25) is 0 Å². The van der Waals surface area contributed by atoms with Gasteiger partial charge in [-0.15, -0.1) is 11.3 Å². The van der Waals surface area contributed by atoms with E-state index in [2.05, 4.69) is 15.3 Å². The predicted molar refractivity (Wildman–Crippen MR) is 108 cm³/mol. The van der Waals surface area contributed by atoms with Gasteiger partial charge in [-0.3, -0.25) is 4.79 Å². The second-order valence-corrected chi connectivity index (χ2v) is 7.10. The van der Waals surface area contributed by atoms with Crippen LogP contribution in [0, 0.1) is 12.7 Å². The Labute approximate surface area is 165 Å². The first kappa shape index (κ1) is 18.1. The Morgan fingerprint density at radius 3 is 2.75 bits per heavy atom. The summed E-state index contributed by atoms with van der Waals surface area (Å²) in [4.78, 5) is 20.9. The fourth-order valence-corrected chi connectivity index (χ4v) is 3.71. The summed E-state index contributed by atoms with van der Waals surface area (Å²) in [6.45, 7) is 1.80. The van der Waals surface area contributed by atoms with Gasteiger partial charge in [0.05, 0.1) is 17.8 Å². The average Bonchev–Trinajstić information content (AvgIpc) is 3.32. The lowest BCUT2D eigenvalue weighted by Crippen LogP contribution is -2.15. The highest BCUT2D eigenvalue weighted by molar-refractivity contribution is 7.13. The molecule has 0 unspecified atom stereocenters. The highest BCUT2D eigenvalue weighted by atomic mass is 32.1. The van der Waals surface area contributed by atoms with Gasteiger partial charge in [0.2, 0.25) is 5.91 Å². The number of rotatable bonds is 5. The third kappa shape index (κ3) is 3.84. The monoisotopic (exact) mass is 392 g/mol. The quantitative estimate of drug-likeness (QED) is 0.539. The molecule has 2 aromatic heterocycles. The van der Waals surface area contributed by atoms with Gasteiger partial charge in [-0.2, -0.15) is 0 Å². The van der Waals surface area contributed by atoms with Crippen LogP contribution >= 0.6 is 11.3 Å². The van der Waals surface area contributed by atoms with E-state index in [0.29, 0.717) is 22.9 Å². The summed E-state index contributed by atoms with van der Waals surface area (Å²) in [5.41, 5.74) is 2.50. The molecule has 4 aromatic rings. The van der Waals surface area contributed by atoms with E-state index in [9.17, 15) is 9.18 Å². The Hall–Kier alpha value is -3.32. The number of halogens is 1. The summed E-state index contributed by atoms with van der Waals surface area (Å²) < 4.78 is 16.1. The van der Waals surface area contributed by atoms with Crippen LogP contribution in [0.1, 0.15) is 11.5 Å². The number of anilines is 1. The molecular weight excluding hydrogens is 375 g/mol. The third-order valence-corrected chi connectivity index (χ3v) is 5.17. The van der Waals surface area contributed by atoms with Crippen LogP contribution in [0.15, 0.2) is 66.3 Å². The maximum absolute atomic E-state index is 14.5. The lowest BCUT2D eigenvalue weighted by atomic mass is 10.2. The number of nitrogens with zero attached hydrogens (tertiary/aromatic N) is 3. The molecule has 2 aromatic carbocycles. The summed E-state index contributed by atoms with van der Waals surface area (Å²) in [7, 11) is 0. The van der Waals surface area contributed by atoms with Crippen molar-refractivity contribution in [1.29, 1.82) is 0 Å². The maximum atomic E-state index is 14.5. The van der Waals surface area contributed by atoms with Crippen molar-refractivity contribution in [2.45, 2.75) is 13.3 Å². The minimum atomic E-state index is -0.432. The Morgan fingerprint density at radius 1 is 1.21 bits per heavy atom. The van der Waals surface area contributed by atoms with Crippen molar-refractivity contribution in [3.63, 3.8) is 0 Å². The van der Waals surface area contributed by atoms with Crippen LogP contribution in [0.25, 0.3) is 16.3 Å². The van der Waals surface area contributed by atoms with Crippen molar-refractivity contribution >= 4 is 22.9 Å². The van der Waals surface area contributed by atoms with E-state index in [-0.39, 0.29) is 12.3 Å². The standard InChI is InChI=1S/C21H17FN4OS/c1-14-23-9-10-26(14)19-8-7-16(11-18(19)22)24-20(27)12-17-13-28-21(25-17)15-5-3-2-4-6-15/h2-11,13H,12H2,1H3,(H,24,27). The van der Waals surface area contributed by atoms with Gasteiger partial charge in [0, 0.05) is 29.0 Å². The van der Waals surface area contributed by atoms with Crippen molar-refractivity contribution in [3.05, 3.63) is 83.6 Å². The first-order chi connectivity index (χ1) is 13.6. The predicted octanol–water partition coefficient (Wildman–Crippen LogP) is 4.62. The molecular formula is C21H17FN4OS. The summed E-state index contributed by atoms with van der Waals surface area (Å²) in [6.07, 6.45) is 3.44. The number of benzene rings is 2. The number of hydrogen-bond acceptors (Lipinski definition) is 4. The van der Waals surface area contributed by atoms with E-state index in [4.69, 9.17) is 0 Å². The van der Waals surface area contributed by atoms with Crippen LogP contribution in [-0.4, -0.2) is 20.4 Å². The molecule has 0 aliphatic heterocycles. The lowest BCUT2D eigenvalue weighted by molar-refractivity contribution is -0.115. The number of thiazole rings is 1. The Bertz CT molecular complexity index is 1120. The zero-order valence-corrected chi connectivity index (χ0v) is 15.9. The summed E-state index contributed by atoms with van der Waals surface area (Å²) in [5, 5.41) is 5.47. The van der Waals surface area contributed by atoms with E-state index in [1.165, 1.54) is 17.4 Å². The van der Waals surface area contributed by atoms with E-state index >= 15 is 0 Å². The average molecular weight is 392 g/mol. The lowest BCUT2D eigenvalue weighted by Gasteiger charge is -2.09. The van der Waals surface area contributed by atoms with Crippen LogP contribution < -0.4 is 5.32 Å². The van der Waals surface area contributed by atoms with Crippen LogP contribution in [0.4, 0.5) is 10.1 Å². The molecule has 1 N–H and O–H groups in total. The van der Waals surface area contributed by atoms with Gasteiger partial charge in [0.25, 0.3) is 0 Å². The molecule has 7 heteroatoms. The first-order valence-corrected chi connectivity index (χ1v) is 9.57. The molecule has 1 amide bonds. The normalized spacial score (nSPS) is 10.8. The highest BCUT2D eigenvalue weighted by Crippen LogP contribution is 2.24. The number of aromatic nitrogens is 3. The molecule has 28 heavy (non-hydrogen) atoms. The molecule has 4 rings (SSSR count). The molecule has 0 atom stereocenters. The van der Waals surface area contributed by atoms with E-state index in [1.807, 2.05) is 35.7 Å². The molecule has 5 nitrogen and oxygen atoms in total. The first-order valence-electron chi connectivity index (χ1n) is 8.70. The van der Waals surface area contributed by atoms with Crippen molar-refractivity contribution in [1.82, 2.24) is 14.5 Å². The van der Waals surface area contributed by atoms with Crippen LogP contribution in [-0.2, 0) is 11.2 Å². The second-order valence-electron chi connectivity index (χ2n) is 6.25. The molecule has 0 aliphatic carbocycles. The number of aryl methyl sites for hydroxylation is 1. The topological polar surface area (TPSA) is 59.8 Å². The molecule has 140 valence electrons. The van der Waals surface area contributed by atoms with Crippen molar-refractivity contribution < 1.29 is 9.18 Å². The molecule has 2 heterocycles. The third-order valence-electron chi connectivity index (χ3n) is 4.23. The Morgan fingerprint density at radius 2 is 2.04 bits per heavy atom. The number of imidazole rings is 1. The summed E-state index contributed by atoms with van der Waals surface area (Å²) in [5.74, 6) is 0.0169. The van der Waals surface area contributed by atoms with Crippen molar-refractivity contribution in [3.8, 4) is 16.3 Å². The van der Waals surface area contributed by atoms with Gasteiger partial charge >= 0.3 is 0 Å². The molecule has 0 radical (unpaired) electrons. The van der Waals surface area contributed by atoms with Gasteiger partial charge in [0.15, 0.2) is 0 Å². The Kier molecular flexibility index (Phi) is 4.99. The van der Waals surface area contributed by atoms with E-state index in [1.54, 1.807) is 36.0 Å². The fraction of sp³-hybridized carbons (Fsp3) is 0.0952. The highest BCUT2D eigenvalue weighted by Gasteiger charge is 2.12. The van der Waals surface area contributed by atoms with Crippen molar-refractivity contribution in [2.75, 3.05) is 5.32 Å². The minimum absolute atomic E-state index is 0.132. The Balaban J connectivity index is 1.44. The number of carbonyl (C=O) groups excluding carboxylic acids is 1. The zero-order chi connectivity index (χ0) is 19.5. The number of hydrogen-bond donors (Lipinski definition) is 1. The molecule has 0 fully saturated rings. The summed E-state index contributed by atoms with van der Waals surface area (Å²) >= 11 is 1.50. The van der Waals surface area contributed by atoms with Gasteiger partial charge in [0.1, 0.15) is 16.6 Å². The van der Waals surface area contributed by atoms with Gasteiger partial charge in [-0.25, -0.2) is 14.4 Å². The maximum Gasteiger partial charge on any atom is 0.230 e. The number of carbonyl (C=O) groups is 1. The second kappa shape index (κ2) is 7.74. The van der Waals surface area contributed by atoms with E-state index < -0.39 is 5.82 Å². The molecule has 0 spiro atoms. The smallest absolute Gasteiger partial charge is 0.230 e. The SMILES string of the molecule is Cc1nccn1-c1ccc(NC(=O)Cc2csc(-c3ccccc3)n2)cc1F. The zero-order valence-electron chi connectivity index (χ0n) is 15.1. The fourth-order valence-electron chi connectivity index (χ4n) is 2.88. The molecule has 0 saturated heterocycles. The summed E-state index contributed by atoms with van der Waals surface area (Å²) in [6, 6.07) is 14.4. The largest absolute Gasteiger partial charge is 0.326 e. The molecule has 0 saturated carbocycles. The number of amides is 1. The van der Waals surface area contributed by atoms with Crippen LogP contribution in [0.3, 0.4) is 0 Å². The van der Waals surface area contributed by atoms with Crippen LogP contribution in [0.5, 0.6) is 0 Å². The van der Waals surface area contributed by atoms with Gasteiger partial charge in [-0.05, 0) is 25.1 Å².